The number of pyridine rings is 1. The van der Waals surface area contributed by atoms with Crippen LogP contribution in [0.2, 0.25) is 5.15 Å². The highest BCUT2D eigenvalue weighted by Crippen LogP contribution is 2.32. The molecule has 158 valence electrons. The van der Waals surface area contributed by atoms with E-state index >= 15 is 0 Å². The third-order valence-corrected chi connectivity index (χ3v) is 5.44. The third-order valence-electron chi connectivity index (χ3n) is 5.16. The van der Waals surface area contributed by atoms with Gasteiger partial charge in [-0.1, -0.05) is 31.5 Å². The van der Waals surface area contributed by atoms with E-state index in [1.165, 1.54) is 5.56 Å². The lowest BCUT2D eigenvalue weighted by atomic mass is 10.0. The van der Waals surface area contributed by atoms with Crippen molar-refractivity contribution in [2.75, 3.05) is 25.0 Å². The monoisotopic (exact) mass is 426 g/mol. The largest absolute Gasteiger partial charge is 0.312 e. The Labute approximate surface area is 181 Å². The Morgan fingerprint density at radius 1 is 1.27 bits per heavy atom. The predicted molar refractivity (Wildman–Crippen MR) is 119 cm³/mol. The van der Waals surface area contributed by atoms with Crippen LogP contribution in [0.25, 0.3) is 11.3 Å². The van der Waals surface area contributed by atoms with Gasteiger partial charge in [-0.3, -0.25) is 10.00 Å². The number of hydrogen-bond donors (Lipinski definition) is 3. The summed E-state index contributed by atoms with van der Waals surface area (Å²) in [6.45, 7) is 10.4. The molecule has 0 saturated carbocycles. The van der Waals surface area contributed by atoms with Crippen molar-refractivity contribution in [2.24, 2.45) is 0 Å². The smallest absolute Gasteiger partial charge is 0.228 e. The highest BCUT2D eigenvalue weighted by atomic mass is 35.5. The molecule has 0 unspecified atom stereocenters. The predicted octanol–water partition coefficient (Wildman–Crippen LogP) is 3.58. The van der Waals surface area contributed by atoms with Gasteiger partial charge in [-0.25, -0.2) is 15.0 Å². The second-order valence-electron chi connectivity index (χ2n) is 7.99. The normalized spacial score (nSPS) is 17.4. The molecule has 0 amide bonds. The first-order chi connectivity index (χ1) is 14.5. The molecule has 3 aromatic rings. The average molecular weight is 427 g/mol. The van der Waals surface area contributed by atoms with Gasteiger partial charge in [0.1, 0.15) is 5.82 Å². The number of hydrogen-bond acceptors (Lipinski definition) is 7. The van der Waals surface area contributed by atoms with Crippen molar-refractivity contribution in [3.8, 4) is 11.3 Å². The number of halogens is 1. The molecule has 1 aliphatic rings. The zero-order valence-electron chi connectivity index (χ0n) is 17.5. The zero-order chi connectivity index (χ0) is 21.1. The van der Waals surface area contributed by atoms with Gasteiger partial charge in [-0.2, -0.15) is 5.10 Å². The molecule has 4 heterocycles. The van der Waals surface area contributed by atoms with Crippen LogP contribution in [0.3, 0.4) is 0 Å². The molecule has 0 aromatic carbocycles. The van der Waals surface area contributed by atoms with Gasteiger partial charge in [0, 0.05) is 50.3 Å². The molecule has 3 aromatic heterocycles. The number of rotatable bonds is 6. The number of H-pyrrole nitrogens is 1. The van der Waals surface area contributed by atoms with Crippen molar-refractivity contribution in [3.63, 3.8) is 0 Å². The van der Waals surface area contributed by atoms with Gasteiger partial charge >= 0.3 is 0 Å². The average Bonchev–Trinajstić information content (AvgIpc) is 3.12. The summed E-state index contributed by atoms with van der Waals surface area (Å²) >= 11 is 6.30. The summed E-state index contributed by atoms with van der Waals surface area (Å²) in [6, 6.07) is 6.41. The number of aromatic nitrogens is 5. The van der Waals surface area contributed by atoms with E-state index < -0.39 is 0 Å². The number of nitrogens with one attached hydrogen (secondary N) is 3. The highest BCUT2D eigenvalue weighted by molar-refractivity contribution is 6.32. The number of nitrogens with zero attached hydrogens (tertiary/aromatic N) is 5. The number of anilines is 2. The molecular formula is C21H27ClN8. The van der Waals surface area contributed by atoms with E-state index in [0.717, 1.165) is 43.1 Å². The second kappa shape index (κ2) is 9.07. The van der Waals surface area contributed by atoms with E-state index in [4.69, 9.17) is 11.6 Å². The lowest BCUT2D eigenvalue weighted by Crippen LogP contribution is -2.48. The van der Waals surface area contributed by atoms with Crippen LogP contribution in [0.4, 0.5) is 11.8 Å². The van der Waals surface area contributed by atoms with Crippen LogP contribution in [-0.4, -0.2) is 55.7 Å². The summed E-state index contributed by atoms with van der Waals surface area (Å²) in [7, 11) is 0. The van der Waals surface area contributed by atoms with E-state index in [9.17, 15) is 0 Å². The Morgan fingerprint density at radius 3 is 2.87 bits per heavy atom. The van der Waals surface area contributed by atoms with Crippen molar-refractivity contribution in [1.82, 2.24) is 35.4 Å². The first-order valence-corrected chi connectivity index (χ1v) is 10.6. The molecule has 1 saturated heterocycles. The van der Waals surface area contributed by atoms with Gasteiger partial charge in [0.15, 0.2) is 5.15 Å². The molecule has 1 aliphatic heterocycles. The summed E-state index contributed by atoms with van der Waals surface area (Å²) in [5, 5.41) is 14.2. The lowest BCUT2D eigenvalue weighted by molar-refractivity contribution is 0.199. The Hall–Kier alpha value is -2.55. The first-order valence-electron chi connectivity index (χ1n) is 10.2. The van der Waals surface area contributed by atoms with Crippen LogP contribution < -0.4 is 10.6 Å². The second-order valence-corrected chi connectivity index (χ2v) is 8.35. The zero-order valence-corrected chi connectivity index (χ0v) is 18.2. The SMILES string of the molecule is CC(C)c1[nH]nc(Cl)c1-c1ccnc(Nc2ccc(CN3CCN[C@@H](C)C3)cn2)n1. The van der Waals surface area contributed by atoms with Crippen LogP contribution in [0.5, 0.6) is 0 Å². The quantitative estimate of drug-likeness (QED) is 0.554. The summed E-state index contributed by atoms with van der Waals surface area (Å²) < 4.78 is 0. The number of piperazine rings is 1. The summed E-state index contributed by atoms with van der Waals surface area (Å²) in [4.78, 5) is 15.9. The van der Waals surface area contributed by atoms with Crippen LogP contribution in [-0.2, 0) is 6.54 Å². The molecular weight excluding hydrogens is 400 g/mol. The maximum Gasteiger partial charge on any atom is 0.228 e. The van der Waals surface area contributed by atoms with E-state index in [1.807, 2.05) is 18.3 Å². The highest BCUT2D eigenvalue weighted by Gasteiger charge is 2.18. The van der Waals surface area contributed by atoms with Crippen molar-refractivity contribution in [2.45, 2.75) is 39.3 Å². The Bertz CT molecular complexity index is 985. The van der Waals surface area contributed by atoms with Crippen molar-refractivity contribution >= 4 is 23.4 Å². The van der Waals surface area contributed by atoms with Crippen molar-refractivity contribution in [1.29, 1.82) is 0 Å². The lowest BCUT2D eigenvalue weighted by Gasteiger charge is -2.31. The summed E-state index contributed by atoms with van der Waals surface area (Å²) in [6.07, 6.45) is 3.61. The van der Waals surface area contributed by atoms with Crippen LogP contribution in [0.15, 0.2) is 30.6 Å². The fourth-order valence-corrected chi connectivity index (χ4v) is 3.91. The molecule has 30 heavy (non-hydrogen) atoms. The molecule has 3 N–H and O–H groups in total. The minimum atomic E-state index is 0.249. The molecule has 4 rings (SSSR count). The molecule has 0 spiro atoms. The van der Waals surface area contributed by atoms with Gasteiger partial charge in [0.25, 0.3) is 0 Å². The summed E-state index contributed by atoms with van der Waals surface area (Å²) in [5.41, 5.74) is 3.68. The molecule has 1 atom stereocenters. The maximum absolute atomic E-state index is 6.30. The maximum atomic E-state index is 6.30. The Balaban J connectivity index is 1.46. The van der Waals surface area contributed by atoms with E-state index in [2.05, 4.69) is 67.5 Å². The third kappa shape index (κ3) is 4.77. The standard InChI is InChI=1S/C21H27ClN8/c1-13(2)19-18(20(22)29-28-19)16-6-7-24-21(26-16)27-17-5-4-15(10-25-17)12-30-9-8-23-14(3)11-30/h4-7,10,13-14,23H,8-9,11-12H2,1-3H3,(H,28,29)(H,24,25,26,27)/t14-/m0/s1. The van der Waals surface area contributed by atoms with Crippen molar-refractivity contribution < 1.29 is 0 Å². The van der Waals surface area contributed by atoms with Gasteiger partial charge in [-0.05, 0) is 30.5 Å². The molecule has 1 fully saturated rings. The minimum Gasteiger partial charge on any atom is -0.312 e. The van der Waals surface area contributed by atoms with Gasteiger partial charge in [0.2, 0.25) is 5.95 Å². The fraction of sp³-hybridized carbons (Fsp3) is 0.429. The molecule has 9 heteroatoms. The molecule has 0 radical (unpaired) electrons. The molecule has 0 aliphatic carbocycles. The first kappa shape index (κ1) is 20.7. The van der Waals surface area contributed by atoms with Crippen LogP contribution in [0, 0.1) is 0 Å². The molecule has 0 bridgehead atoms. The fourth-order valence-electron chi connectivity index (χ4n) is 3.67. The topological polar surface area (TPSA) is 94.7 Å². The van der Waals surface area contributed by atoms with Gasteiger partial charge in [-0.15, -0.1) is 0 Å². The minimum absolute atomic E-state index is 0.249. The number of aromatic amines is 1. The van der Waals surface area contributed by atoms with E-state index in [0.29, 0.717) is 23.0 Å². The summed E-state index contributed by atoms with van der Waals surface area (Å²) in [5.74, 6) is 1.42. The van der Waals surface area contributed by atoms with Crippen molar-refractivity contribution in [3.05, 3.63) is 47.0 Å². The van der Waals surface area contributed by atoms with E-state index in [-0.39, 0.29) is 5.92 Å². The van der Waals surface area contributed by atoms with E-state index in [1.54, 1.807) is 6.20 Å². The van der Waals surface area contributed by atoms with Crippen LogP contribution in [0.1, 0.15) is 37.9 Å². The van der Waals surface area contributed by atoms with Crippen LogP contribution >= 0.6 is 11.6 Å². The Kier molecular flexibility index (Phi) is 6.26. The van der Waals surface area contributed by atoms with Gasteiger partial charge in [0.05, 0.1) is 11.3 Å². The van der Waals surface area contributed by atoms with Gasteiger partial charge < -0.3 is 10.6 Å². The Morgan fingerprint density at radius 2 is 2.13 bits per heavy atom. The molecule has 8 nitrogen and oxygen atoms in total.